The van der Waals surface area contributed by atoms with Gasteiger partial charge in [-0.15, -0.1) is 0 Å². The zero-order chi connectivity index (χ0) is 18.6. The van der Waals surface area contributed by atoms with Crippen molar-refractivity contribution >= 4 is 33.2 Å². The maximum atomic E-state index is 12.3. The molecule has 0 radical (unpaired) electrons. The number of halogens is 1. The molecule has 2 aromatic carbocycles. The summed E-state index contributed by atoms with van der Waals surface area (Å²) in [6.45, 7) is 3.71. The summed E-state index contributed by atoms with van der Waals surface area (Å²) in [5, 5.41) is 3.35. The summed E-state index contributed by atoms with van der Waals surface area (Å²) < 4.78 is 25.2. The van der Waals surface area contributed by atoms with Gasteiger partial charge in [0, 0.05) is 17.3 Å². The number of carbonyl (C=O) groups is 1. The van der Waals surface area contributed by atoms with Crippen LogP contribution in [0.25, 0.3) is 0 Å². The SMILES string of the molecule is Cc1cccc(NC(=O)CN(Cc2ccc(Cl)cc2)S(C)(=O)=O)c1C. The number of hydrogen-bond acceptors (Lipinski definition) is 3. The van der Waals surface area contributed by atoms with Crippen molar-refractivity contribution in [2.24, 2.45) is 0 Å². The molecule has 0 fully saturated rings. The van der Waals surface area contributed by atoms with E-state index >= 15 is 0 Å². The first-order valence-electron chi connectivity index (χ1n) is 7.72. The van der Waals surface area contributed by atoms with E-state index in [-0.39, 0.29) is 19.0 Å². The van der Waals surface area contributed by atoms with Crippen LogP contribution in [0.4, 0.5) is 5.69 Å². The molecule has 0 bridgehead atoms. The molecule has 1 amide bonds. The van der Waals surface area contributed by atoms with Crippen molar-refractivity contribution in [3.8, 4) is 0 Å². The number of benzene rings is 2. The zero-order valence-electron chi connectivity index (χ0n) is 14.4. The quantitative estimate of drug-likeness (QED) is 0.835. The molecule has 2 aromatic rings. The van der Waals surface area contributed by atoms with Gasteiger partial charge in [-0.25, -0.2) is 8.42 Å². The van der Waals surface area contributed by atoms with Crippen molar-refractivity contribution in [3.05, 3.63) is 64.2 Å². The summed E-state index contributed by atoms with van der Waals surface area (Å²) in [6, 6.07) is 12.5. The highest BCUT2D eigenvalue weighted by molar-refractivity contribution is 7.88. The van der Waals surface area contributed by atoms with Crippen molar-refractivity contribution in [3.63, 3.8) is 0 Å². The fraction of sp³-hybridized carbons (Fsp3) is 0.278. The Kier molecular flexibility index (Phi) is 6.21. The number of carbonyl (C=O) groups excluding carboxylic acids is 1. The lowest BCUT2D eigenvalue weighted by molar-refractivity contribution is -0.116. The van der Waals surface area contributed by atoms with Gasteiger partial charge < -0.3 is 5.32 Å². The number of hydrogen-bond donors (Lipinski definition) is 1. The molecule has 1 N–H and O–H groups in total. The molecule has 0 unspecified atom stereocenters. The molecular weight excluding hydrogens is 360 g/mol. The summed E-state index contributed by atoms with van der Waals surface area (Å²) >= 11 is 5.84. The fourth-order valence-electron chi connectivity index (χ4n) is 2.32. The topological polar surface area (TPSA) is 66.5 Å². The van der Waals surface area contributed by atoms with E-state index in [0.29, 0.717) is 10.7 Å². The molecule has 0 spiro atoms. The van der Waals surface area contributed by atoms with Crippen molar-refractivity contribution in [1.82, 2.24) is 4.31 Å². The maximum absolute atomic E-state index is 12.3. The first kappa shape index (κ1) is 19.4. The van der Waals surface area contributed by atoms with Gasteiger partial charge in [0.25, 0.3) is 0 Å². The minimum Gasteiger partial charge on any atom is -0.325 e. The predicted octanol–water partition coefficient (Wildman–Crippen LogP) is 3.36. The third kappa shape index (κ3) is 5.56. The number of anilines is 1. The van der Waals surface area contributed by atoms with Gasteiger partial charge in [-0.05, 0) is 48.7 Å². The molecule has 0 aromatic heterocycles. The largest absolute Gasteiger partial charge is 0.325 e. The van der Waals surface area contributed by atoms with Gasteiger partial charge in [0.05, 0.1) is 12.8 Å². The zero-order valence-corrected chi connectivity index (χ0v) is 16.0. The third-order valence-electron chi connectivity index (χ3n) is 3.94. The van der Waals surface area contributed by atoms with Crippen molar-refractivity contribution in [2.75, 3.05) is 18.1 Å². The molecule has 25 heavy (non-hydrogen) atoms. The van der Waals surface area contributed by atoms with E-state index in [4.69, 9.17) is 11.6 Å². The minimum atomic E-state index is -3.54. The van der Waals surface area contributed by atoms with Gasteiger partial charge in [0.15, 0.2) is 0 Å². The van der Waals surface area contributed by atoms with Crippen LogP contribution in [0.15, 0.2) is 42.5 Å². The van der Waals surface area contributed by atoms with E-state index in [0.717, 1.165) is 27.3 Å². The summed E-state index contributed by atoms with van der Waals surface area (Å²) in [5.41, 5.74) is 3.46. The van der Waals surface area contributed by atoms with Crippen molar-refractivity contribution in [2.45, 2.75) is 20.4 Å². The van der Waals surface area contributed by atoms with Crippen molar-refractivity contribution < 1.29 is 13.2 Å². The molecular formula is C18H21ClN2O3S. The van der Waals surface area contributed by atoms with E-state index in [1.54, 1.807) is 30.3 Å². The van der Waals surface area contributed by atoms with E-state index < -0.39 is 10.0 Å². The molecule has 0 atom stereocenters. The van der Waals surface area contributed by atoms with Gasteiger partial charge in [-0.1, -0.05) is 35.9 Å². The van der Waals surface area contributed by atoms with Crippen LogP contribution in [0.2, 0.25) is 5.02 Å². The van der Waals surface area contributed by atoms with Crippen LogP contribution in [-0.4, -0.2) is 31.4 Å². The monoisotopic (exact) mass is 380 g/mol. The standard InChI is InChI=1S/C18H21ClN2O3S/c1-13-5-4-6-17(14(13)2)20-18(22)12-21(25(3,23)24)11-15-7-9-16(19)10-8-15/h4-10H,11-12H2,1-3H3,(H,20,22). The van der Waals surface area contributed by atoms with E-state index in [1.807, 2.05) is 26.0 Å². The number of rotatable bonds is 6. The average molecular weight is 381 g/mol. The summed E-state index contributed by atoms with van der Waals surface area (Å²) in [6.07, 6.45) is 1.09. The average Bonchev–Trinajstić information content (AvgIpc) is 2.52. The Morgan fingerprint density at radius 3 is 2.36 bits per heavy atom. The Hall–Kier alpha value is -1.89. The van der Waals surface area contributed by atoms with Crippen LogP contribution in [-0.2, 0) is 21.4 Å². The van der Waals surface area contributed by atoms with Crippen molar-refractivity contribution in [1.29, 1.82) is 0 Å². The molecule has 0 aliphatic heterocycles. The molecule has 0 aliphatic rings. The fourth-order valence-corrected chi connectivity index (χ4v) is 3.18. The van der Waals surface area contributed by atoms with E-state index in [1.165, 1.54) is 0 Å². The second-order valence-electron chi connectivity index (χ2n) is 5.95. The normalized spacial score (nSPS) is 11.6. The third-order valence-corrected chi connectivity index (χ3v) is 5.39. The molecule has 0 saturated heterocycles. The Morgan fingerprint density at radius 2 is 1.76 bits per heavy atom. The second-order valence-corrected chi connectivity index (χ2v) is 8.37. The first-order chi connectivity index (χ1) is 11.7. The van der Waals surface area contributed by atoms with E-state index in [9.17, 15) is 13.2 Å². The molecule has 0 saturated carbocycles. The molecule has 5 nitrogen and oxygen atoms in total. The lowest BCUT2D eigenvalue weighted by atomic mass is 10.1. The number of amides is 1. The Balaban J connectivity index is 2.12. The lowest BCUT2D eigenvalue weighted by Crippen LogP contribution is -2.37. The van der Waals surface area contributed by atoms with Crippen LogP contribution >= 0.6 is 11.6 Å². The number of sulfonamides is 1. The Bertz CT molecular complexity index is 864. The van der Waals surface area contributed by atoms with Gasteiger partial charge in [-0.3, -0.25) is 4.79 Å². The molecule has 0 heterocycles. The maximum Gasteiger partial charge on any atom is 0.239 e. The number of nitrogens with one attached hydrogen (secondary N) is 1. The van der Waals surface area contributed by atoms with Crippen LogP contribution in [0.3, 0.4) is 0 Å². The molecule has 2 rings (SSSR count). The Labute approximate surface area is 153 Å². The number of aryl methyl sites for hydroxylation is 1. The van der Waals surface area contributed by atoms with Gasteiger partial charge in [-0.2, -0.15) is 4.31 Å². The van der Waals surface area contributed by atoms with Crippen LogP contribution in [0.1, 0.15) is 16.7 Å². The van der Waals surface area contributed by atoms with Gasteiger partial charge in [0.2, 0.25) is 15.9 Å². The highest BCUT2D eigenvalue weighted by atomic mass is 35.5. The summed E-state index contributed by atoms with van der Waals surface area (Å²) in [7, 11) is -3.54. The summed E-state index contributed by atoms with van der Waals surface area (Å²) in [4.78, 5) is 12.3. The number of nitrogens with zero attached hydrogens (tertiary/aromatic N) is 1. The highest BCUT2D eigenvalue weighted by Gasteiger charge is 2.21. The molecule has 0 aliphatic carbocycles. The second kappa shape index (κ2) is 7.99. The Morgan fingerprint density at radius 1 is 1.12 bits per heavy atom. The lowest BCUT2D eigenvalue weighted by Gasteiger charge is -2.20. The molecule has 7 heteroatoms. The smallest absolute Gasteiger partial charge is 0.239 e. The van der Waals surface area contributed by atoms with Gasteiger partial charge in [0.1, 0.15) is 0 Å². The highest BCUT2D eigenvalue weighted by Crippen LogP contribution is 2.18. The minimum absolute atomic E-state index is 0.107. The summed E-state index contributed by atoms with van der Waals surface area (Å²) in [5.74, 6) is -0.381. The van der Waals surface area contributed by atoms with Gasteiger partial charge >= 0.3 is 0 Å². The van der Waals surface area contributed by atoms with Crippen LogP contribution in [0, 0.1) is 13.8 Å². The first-order valence-corrected chi connectivity index (χ1v) is 9.95. The van der Waals surface area contributed by atoms with Crippen LogP contribution in [0.5, 0.6) is 0 Å². The molecule has 134 valence electrons. The van der Waals surface area contributed by atoms with E-state index in [2.05, 4.69) is 5.32 Å². The predicted molar refractivity (Wildman–Crippen MR) is 101 cm³/mol. The van der Waals surface area contributed by atoms with Crippen LogP contribution < -0.4 is 5.32 Å².